The second-order valence-corrected chi connectivity index (χ2v) is 6.07. The van der Waals surface area contributed by atoms with Crippen LogP contribution in [0.15, 0.2) is 36.4 Å². The number of hydrogen-bond donors (Lipinski definition) is 1. The van der Waals surface area contributed by atoms with Gasteiger partial charge in [0.2, 0.25) is 5.91 Å². The van der Waals surface area contributed by atoms with E-state index in [4.69, 9.17) is 17.3 Å². The molecule has 1 aromatic carbocycles. The molecule has 1 aliphatic heterocycles. The first-order valence-electron chi connectivity index (χ1n) is 7.15. The van der Waals surface area contributed by atoms with Gasteiger partial charge in [-0.1, -0.05) is 35.9 Å². The highest BCUT2D eigenvalue weighted by Gasteiger charge is 2.34. The summed E-state index contributed by atoms with van der Waals surface area (Å²) in [4.78, 5) is 14.6. The van der Waals surface area contributed by atoms with Gasteiger partial charge in [-0.25, -0.2) is 0 Å². The summed E-state index contributed by atoms with van der Waals surface area (Å²) in [5.74, 6) is 0.154. The number of amides is 1. The molecule has 3 rings (SSSR count). The summed E-state index contributed by atoms with van der Waals surface area (Å²) >= 11 is 6.07. The van der Waals surface area contributed by atoms with E-state index in [9.17, 15) is 4.79 Å². The van der Waals surface area contributed by atoms with Crippen LogP contribution in [0.25, 0.3) is 0 Å². The predicted molar refractivity (Wildman–Crippen MR) is 80.4 cm³/mol. The molecule has 1 saturated heterocycles. The van der Waals surface area contributed by atoms with E-state index in [1.54, 1.807) is 0 Å². The van der Waals surface area contributed by atoms with Crippen LogP contribution >= 0.6 is 11.6 Å². The van der Waals surface area contributed by atoms with Crippen molar-refractivity contribution in [2.45, 2.75) is 31.3 Å². The maximum Gasteiger partial charge on any atom is 0.230 e. The lowest BCUT2D eigenvalue weighted by Crippen LogP contribution is -2.35. The summed E-state index contributed by atoms with van der Waals surface area (Å²) in [6, 6.07) is 8.02. The standard InChI is InChI=1S/C16H19ClN2O/c17-13-4-1-3-11(9-13)15-5-2-8-19(15)16(20)12-6-7-14(18)10-12/h1,3-4,6-7,9,12,14-15H,2,5,8,10,18H2. The predicted octanol–water partition coefficient (Wildman–Crippen LogP) is 2.91. The van der Waals surface area contributed by atoms with E-state index in [0.717, 1.165) is 36.4 Å². The van der Waals surface area contributed by atoms with Gasteiger partial charge in [0.05, 0.1) is 12.0 Å². The van der Waals surface area contributed by atoms with Crippen LogP contribution in [0.3, 0.4) is 0 Å². The van der Waals surface area contributed by atoms with Crippen molar-refractivity contribution in [3.63, 3.8) is 0 Å². The Kier molecular flexibility index (Phi) is 3.81. The van der Waals surface area contributed by atoms with E-state index in [-0.39, 0.29) is 23.9 Å². The van der Waals surface area contributed by atoms with Crippen LogP contribution in [-0.2, 0) is 4.79 Å². The average molecular weight is 291 g/mol. The molecule has 1 fully saturated rings. The Morgan fingerprint density at radius 2 is 2.20 bits per heavy atom. The molecule has 4 heteroatoms. The number of likely N-dealkylation sites (tertiary alicyclic amines) is 1. The molecule has 1 aromatic rings. The van der Waals surface area contributed by atoms with Gasteiger partial charge in [-0.2, -0.15) is 0 Å². The summed E-state index contributed by atoms with van der Waals surface area (Å²) in [7, 11) is 0. The zero-order chi connectivity index (χ0) is 14.1. The smallest absolute Gasteiger partial charge is 0.230 e. The second kappa shape index (κ2) is 5.58. The number of carbonyl (C=O) groups is 1. The van der Waals surface area contributed by atoms with Crippen molar-refractivity contribution in [2.24, 2.45) is 11.7 Å². The normalized spacial score (nSPS) is 29.1. The van der Waals surface area contributed by atoms with Gasteiger partial charge in [0.1, 0.15) is 0 Å². The molecular weight excluding hydrogens is 272 g/mol. The van der Waals surface area contributed by atoms with Crippen molar-refractivity contribution >= 4 is 17.5 Å². The number of hydrogen-bond acceptors (Lipinski definition) is 2. The van der Waals surface area contributed by atoms with E-state index < -0.39 is 0 Å². The Morgan fingerprint density at radius 1 is 1.35 bits per heavy atom. The Hall–Kier alpha value is -1.32. The third-order valence-corrected chi connectivity index (χ3v) is 4.44. The summed E-state index contributed by atoms with van der Waals surface area (Å²) in [5, 5.41) is 0.726. The van der Waals surface area contributed by atoms with E-state index in [2.05, 4.69) is 6.07 Å². The van der Waals surface area contributed by atoms with Crippen LogP contribution in [0.5, 0.6) is 0 Å². The topological polar surface area (TPSA) is 46.3 Å². The van der Waals surface area contributed by atoms with Crippen LogP contribution in [0.4, 0.5) is 0 Å². The number of carbonyl (C=O) groups excluding carboxylic acids is 1. The minimum atomic E-state index is -0.0511. The van der Waals surface area contributed by atoms with Crippen molar-refractivity contribution < 1.29 is 4.79 Å². The van der Waals surface area contributed by atoms with Crippen LogP contribution < -0.4 is 5.73 Å². The first-order chi connectivity index (χ1) is 9.65. The monoisotopic (exact) mass is 290 g/mol. The molecule has 20 heavy (non-hydrogen) atoms. The van der Waals surface area contributed by atoms with Gasteiger partial charge in [0.15, 0.2) is 0 Å². The fourth-order valence-corrected chi connectivity index (χ4v) is 3.41. The summed E-state index contributed by atoms with van der Waals surface area (Å²) < 4.78 is 0. The van der Waals surface area contributed by atoms with Gasteiger partial charge in [0.25, 0.3) is 0 Å². The van der Waals surface area contributed by atoms with Crippen molar-refractivity contribution in [3.8, 4) is 0 Å². The van der Waals surface area contributed by atoms with E-state index in [1.807, 2.05) is 35.3 Å². The van der Waals surface area contributed by atoms with Crippen molar-refractivity contribution in [3.05, 3.63) is 47.0 Å². The lowest BCUT2D eigenvalue weighted by Gasteiger charge is -2.27. The Morgan fingerprint density at radius 3 is 2.90 bits per heavy atom. The molecular formula is C16H19ClN2O. The highest BCUT2D eigenvalue weighted by Crippen LogP contribution is 2.35. The van der Waals surface area contributed by atoms with E-state index in [0.29, 0.717) is 0 Å². The van der Waals surface area contributed by atoms with Crippen LogP contribution in [0.1, 0.15) is 30.9 Å². The molecule has 0 bridgehead atoms. The van der Waals surface area contributed by atoms with Crippen LogP contribution in [-0.4, -0.2) is 23.4 Å². The first-order valence-corrected chi connectivity index (χ1v) is 7.53. The van der Waals surface area contributed by atoms with Gasteiger partial charge in [-0.05, 0) is 37.0 Å². The van der Waals surface area contributed by atoms with Gasteiger partial charge in [-0.15, -0.1) is 0 Å². The lowest BCUT2D eigenvalue weighted by molar-refractivity contribution is -0.135. The number of nitrogens with two attached hydrogens (primary N) is 1. The molecule has 0 saturated carbocycles. The van der Waals surface area contributed by atoms with Gasteiger partial charge in [0, 0.05) is 17.6 Å². The van der Waals surface area contributed by atoms with Gasteiger partial charge < -0.3 is 10.6 Å². The fraction of sp³-hybridized carbons (Fsp3) is 0.438. The molecule has 3 unspecified atom stereocenters. The summed E-state index contributed by atoms with van der Waals surface area (Å²) in [6.07, 6.45) is 6.69. The zero-order valence-electron chi connectivity index (χ0n) is 11.3. The molecule has 2 aliphatic rings. The average Bonchev–Trinajstić information content (AvgIpc) is 3.06. The Labute approximate surface area is 124 Å². The molecule has 1 amide bonds. The quantitative estimate of drug-likeness (QED) is 0.851. The van der Waals surface area contributed by atoms with Gasteiger partial charge >= 0.3 is 0 Å². The van der Waals surface area contributed by atoms with E-state index in [1.165, 1.54) is 0 Å². The lowest BCUT2D eigenvalue weighted by atomic mass is 10.0. The number of halogens is 1. The SMILES string of the molecule is NC1C=CC(C(=O)N2CCCC2c2cccc(Cl)c2)C1. The third-order valence-electron chi connectivity index (χ3n) is 4.20. The summed E-state index contributed by atoms with van der Waals surface area (Å²) in [5.41, 5.74) is 6.99. The molecule has 0 radical (unpaired) electrons. The molecule has 106 valence electrons. The molecule has 3 atom stereocenters. The third kappa shape index (κ3) is 2.60. The highest BCUT2D eigenvalue weighted by atomic mass is 35.5. The van der Waals surface area contributed by atoms with E-state index >= 15 is 0 Å². The highest BCUT2D eigenvalue weighted by molar-refractivity contribution is 6.30. The zero-order valence-corrected chi connectivity index (χ0v) is 12.1. The van der Waals surface area contributed by atoms with Crippen molar-refractivity contribution in [2.75, 3.05) is 6.54 Å². The number of rotatable bonds is 2. The number of benzene rings is 1. The summed E-state index contributed by atoms with van der Waals surface area (Å²) in [6.45, 7) is 0.829. The maximum atomic E-state index is 12.6. The largest absolute Gasteiger partial charge is 0.335 e. The maximum absolute atomic E-state index is 12.6. The molecule has 0 aromatic heterocycles. The van der Waals surface area contributed by atoms with Crippen LogP contribution in [0.2, 0.25) is 5.02 Å². The van der Waals surface area contributed by atoms with Crippen molar-refractivity contribution in [1.29, 1.82) is 0 Å². The number of nitrogens with zero attached hydrogens (tertiary/aromatic N) is 1. The molecule has 1 heterocycles. The molecule has 2 N–H and O–H groups in total. The molecule has 1 aliphatic carbocycles. The Bertz CT molecular complexity index is 543. The Balaban J connectivity index is 1.79. The first kappa shape index (κ1) is 13.7. The minimum absolute atomic E-state index is 0.0242. The van der Waals surface area contributed by atoms with Crippen LogP contribution in [0, 0.1) is 5.92 Å². The van der Waals surface area contributed by atoms with Gasteiger partial charge in [-0.3, -0.25) is 4.79 Å². The fourth-order valence-electron chi connectivity index (χ4n) is 3.21. The minimum Gasteiger partial charge on any atom is -0.335 e. The molecule has 0 spiro atoms. The molecule has 3 nitrogen and oxygen atoms in total. The van der Waals surface area contributed by atoms with Crippen molar-refractivity contribution in [1.82, 2.24) is 4.90 Å². The second-order valence-electron chi connectivity index (χ2n) is 5.64.